The molecule has 0 radical (unpaired) electrons. The number of aryl methyl sites for hydroxylation is 1. The Morgan fingerprint density at radius 3 is 2.67 bits per heavy atom. The molecule has 1 rings (SSSR count). The molecule has 0 fully saturated rings. The first kappa shape index (κ1) is 9.10. The van der Waals surface area contributed by atoms with Gasteiger partial charge < -0.3 is 5.73 Å². The minimum absolute atomic E-state index is 0.463. The van der Waals surface area contributed by atoms with Crippen LogP contribution in [0.3, 0.4) is 0 Å². The molecule has 0 spiro atoms. The highest BCUT2D eigenvalue weighted by Gasteiger charge is 2.12. The van der Waals surface area contributed by atoms with Crippen molar-refractivity contribution in [3.63, 3.8) is 0 Å². The maximum absolute atomic E-state index is 5.73. The summed E-state index contributed by atoms with van der Waals surface area (Å²) in [5.74, 6) is 1.12. The van der Waals surface area contributed by atoms with Gasteiger partial charge in [0.1, 0.15) is 5.82 Å². The van der Waals surface area contributed by atoms with Gasteiger partial charge in [0, 0.05) is 11.3 Å². The second-order valence-corrected chi connectivity index (χ2v) is 3.41. The standard InChI is InChI=1S/C9H17N3/c1-4-5-7-8(6(2)3)9(10)12-11-7/h6H,4-5H2,1-3H3,(H3,10,11,12). The number of H-pyrrole nitrogens is 1. The number of aromatic amines is 1. The Morgan fingerprint density at radius 2 is 2.17 bits per heavy atom. The van der Waals surface area contributed by atoms with Gasteiger partial charge in [-0.15, -0.1) is 0 Å². The zero-order chi connectivity index (χ0) is 9.14. The molecule has 3 heteroatoms. The van der Waals surface area contributed by atoms with Crippen LogP contribution < -0.4 is 5.73 Å². The molecule has 0 saturated carbocycles. The molecule has 1 aromatic heterocycles. The molecule has 0 amide bonds. The topological polar surface area (TPSA) is 54.7 Å². The first-order chi connectivity index (χ1) is 5.66. The molecule has 68 valence electrons. The van der Waals surface area contributed by atoms with Crippen molar-refractivity contribution in [2.45, 2.75) is 39.5 Å². The summed E-state index contributed by atoms with van der Waals surface area (Å²) in [5.41, 5.74) is 8.12. The SMILES string of the molecule is CCCc1[nH]nc(N)c1C(C)C. The Labute approximate surface area is 73.4 Å². The van der Waals surface area contributed by atoms with Gasteiger partial charge in [0.25, 0.3) is 0 Å². The van der Waals surface area contributed by atoms with Crippen LogP contribution >= 0.6 is 0 Å². The highest BCUT2D eigenvalue weighted by atomic mass is 15.2. The van der Waals surface area contributed by atoms with E-state index >= 15 is 0 Å². The van der Waals surface area contributed by atoms with Crippen molar-refractivity contribution >= 4 is 5.82 Å². The van der Waals surface area contributed by atoms with E-state index in [4.69, 9.17) is 5.73 Å². The van der Waals surface area contributed by atoms with Crippen molar-refractivity contribution < 1.29 is 0 Å². The summed E-state index contributed by atoms with van der Waals surface area (Å²) in [5, 5.41) is 6.99. The van der Waals surface area contributed by atoms with Crippen molar-refractivity contribution in [1.82, 2.24) is 10.2 Å². The Kier molecular flexibility index (Phi) is 2.74. The molecule has 0 aromatic carbocycles. The third-order valence-corrected chi connectivity index (χ3v) is 1.99. The predicted octanol–water partition coefficient (Wildman–Crippen LogP) is 2.07. The Balaban J connectivity index is 2.95. The summed E-state index contributed by atoms with van der Waals surface area (Å²) in [6.45, 7) is 6.43. The molecular formula is C9H17N3. The highest BCUT2D eigenvalue weighted by molar-refractivity contribution is 5.44. The van der Waals surface area contributed by atoms with Gasteiger partial charge in [-0.2, -0.15) is 5.10 Å². The molecule has 12 heavy (non-hydrogen) atoms. The van der Waals surface area contributed by atoms with E-state index in [0.717, 1.165) is 12.8 Å². The van der Waals surface area contributed by atoms with Gasteiger partial charge in [-0.25, -0.2) is 0 Å². The summed E-state index contributed by atoms with van der Waals surface area (Å²) in [6.07, 6.45) is 2.17. The molecule has 1 heterocycles. The normalized spacial score (nSPS) is 11.0. The van der Waals surface area contributed by atoms with Crippen LogP contribution in [0.2, 0.25) is 0 Å². The molecule has 0 aliphatic rings. The monoisotopic (exact) mass is 167 g/mol. The zero-order valence-corrected chi connectivity index (χ0v) is 8.02. The molecule has 3 N–H and O–H groups in total. The summed E-state index contributed by atoms with van der Waals surface area (Å²) < 4.78 is 0. The average molecular weight is 167 g/mol. The summed E-state index contributed by atoms with van der Waals surface area (Å²) in [7, 11) is 0. The van der Waals surface area contributed by atoms with E-state index in [1.165, 1.54) is 11.3 Å². The Morgan fingerprint density at radius 1 is 1.50 bits per heavy atom. The zero-order valence-electron chi connectivity index (χ0n) is 8.02. The highest BCUT2D eigenvalue weighted by Crippen LogP contribution is 2.23. The van der Waals surface area contributed by atoms with E-state index in [-0.39, 0.29) is 0 Å². The number of nitrogens with two attached hydrogens (primary N) is 1. The quantitative estimate of drug-likeness (QED) is 0.724. The molecule has 0 bridgehead atoms. The fourth-order valence-electron chi connectivity index (χ4n) is 1.49. The van der Waals surface area contributed by atoms with Crippen LogP contribution in [0.15, 0.2) is 0 Å². The third-order valence-electron chi connectivity index (χ3n) is 1.99. The van der Waals surface area contributed by atoms with Crippen LogP contribution in [0.1, 0.15) is 44.4 Å². The van der Waals surface area contributed by atoms with Gasteiger partial charge in [-0.05, 0) is 12.3 Å². The van der Waals surface area contributed by atoms with E-state index in [0.29, 0.717) is 11.7 Å². The number of nitrogens with zero attached hydrogens (tertiary/aromatic N) is 1. The number of anilines is 1. The lowest BCUT2D eigenvalue weighted by atomic mass is 10.0. The Bertz CT molecular complexity index is 250. The van der Waals surface area contributed by atoms with Gasteiger partial charge in [-0.3, -0.25) is 5.10 Å². The first-order valence-corrected chi connectivity index (χ1v) is 4.49. The van der Waals surface area contributed by atoms with Crippen LogP contribution in [0.5, 0.6) is 0 Å². The lowest BCUT2D eigenvalue weighted by Gasteiger charge is -2.05. The molecule has 0 saturated heterocycles. The van der Waals surface area contributed by atoms with Crippen LogP contribution in [0, 0.1) is 0 Å². The summed E-state index contributed by atoms with van der Waals surface area (Å²) in [4.78, 5) is 0. The van der Waals surface area contributed by atoms with Crippen LogP contribution in [0.4, 0.5) is 5.82 Å². The number of rotatable bonds is 3. The second-order valence-electron chi connectivity index (χ2n) is 3.41. The van der Waals surface area contributed by atoms with Gasteiger partial charge in [0.15, 0.2) is 0 Å². The molecule has 1 aromatic rings. The summed E-state index contributed by atoms with van der Waals surface area (Å²) >= 11 is 0. The fraction of sp³-hybridized carbons (Fsp3) is 0.667. The van der Waals surface area contributed by atoms with Crippen LogP contribution in [0.25, 0.3) is 0 Å². The first-order valence-electron chi connectivity index (χ1n) is 4.49. The number of nitrogens with one attached hydrogen (secondary N) is 1. The molecule has 0 aliphatic carbocycles. The molecule has 0 aliphatic heterocycles. The molecule has 0 unspecified atom stereocenters. The second kappa shape index (κ2) is 3.61. The van der Waals surface area contributed by atoms with Crippen molar-refractivity contribution in [1.29, 1.82) is 0 Å². The van der Waals surface area contributed by atoms with E-state index in [9.17, 15) is 0 Å². The lowest BCUT2D eigenvalue weighted by Crippen LogP contribution is -1.97. The number of hydrogen-bond acceptors (Lipinski definition) is 2. The van der Waals surface area contributed by atoms with Gasteiger partial charge in [-0.1, -0.05) is 27.2 Å². The largest absolute Gasteiger partial charge is 0.382 e. The van der Waals surface area contributed by atoms with Gasteiger partial charge in [0.05, 0.1) is 0 Å². The lowest BCUT2D eigenvalue weighted by molar-refractivity contribution is 0.808. The number of nitrogen functional groups attached to an aromatic ring is 1. The average Bonchev–Trinajstić information content (AvgIpc) is 2.32. The third kappa shape index (κ3) is 1.60. The predicted molar refractivity (Wildman–Crippen MR) is 51.1 cm³/mol. The van der Waals surface area contributed by atoms with Gasteiger partial charge >= 0.3 is 0 Å². The van der Waals surface area contributed by atoms with Crippen LogP contribution in [-0.4, -0.2) is 10.2 Å². The smallest absolute Gasteiger partial charge is 0.148 e. The van der Waals surface area contributed by atoms with Crippen molar-refractivity contribution in [2.24, 2.45) is 0 Å². The van der Waals surface area contributed by atoms with E-state index < -0.39 is 0 Å². The maximum atomic E-state index is 5.73. The minimum Gasteiger partial charge on any atom is -0.382 e. The van der Waals surface area contributed by atoms with Crippen molar-refractivity contribution in [3.8, 4) is 0 Å². The molecular weight excluding hydrogens is 150 g/mol. The van der Waals surface area contributed by atoms with E-state index in [1.54, 1.807) is 0 Å². The van der Waals surface area contributed by atoms with Crippen LogP contribution in [-0.2, 0) is 6.42 Å². The Hall–Kier alpha value is -0.990. The summed E-state index contributed by atoms with van der Waals surface area (Å²) in [6, 6.07) is 0. The fourth-order valence-corrected chi connectivity index (χ4v) is 1.49. The molecule has 0 atom stereocenters. The molecule has 3 nitrogen and oxygen atoms in total. The minimum atomic E-state index is 0.463. The van der Waals surface area contributed by atoms with Crippen molar-refractivity contribution in [3.05, 3.63) is 11.3 Å². The maximum Gasteiger partial charge on any atom is 0.148 e. The van der Waals surface area contributed by atoms with Gasteiger partial charge in [0.2, 0.25) is 0 Å². The van der Waals surface area contributed by atoms with E-state index in [2.05, 4.69) is 31.0 Å². The number of hydrogen-bond donors (Lipinski definition) is 2. The van der Waals surface area contributed by atoms with E-state index in [1.807, 2.05) is 0 Å². The number of aromatic nitrogens is 2. The van der Waals surface area contributed by atoms with Crippen molar-refractivity contribution in [2.75, 3.05) is 5.73 Å².